The van der Waals surface area contributed by atoms with Crippen LogP contribution >= 0.6 is 11.3 Å². The molecule has 1 saturated heterocycles. The molecule has 0 radical (unpaired) electrons. The van der Waals surface area contributed by atoms with Crippen molar-refractivity contribution in [1.29, 1.82) is 0 Å². The Bertz CT molecular complexity index is 952. The van der Waals surface area contributed by atoms with Gasteiger partial charge in [-0.15, -0.1) is 11.3 Å². The van der Waals surface area contributed by atoms with Crippen molar-refractivity contribution in [3.05, 3.63) is 47.9 Å². The molecule has 4 rings (SSSR count). The van der Waals surface area contributed by atoms with Gasteiger partial charge in [0.2, 0.25) is 0 Å². The van der Waals surface area contributed by atoms with Gasteiger partial charge < -0.3 is 4.90 Å². The van der Waals surface area contributed by atoms with Crippen LogP contribution in [0, 0.1) is 11.8 Å². The van der Waals surface area contributed by atoms with Gasteiger partial charge in [0.15, 0.2) is 0 Å². The second kappa shape index (κ2) is 8.50. The molecule has 1 aliphatic rings. The number of piperidine rings is 1. The number of aromatic nitrogens is 2. The van der Waals surface area contributed by atoms with Crippen molar-refractivity contribution in [3.63, 3.8) is 0 Å². The molecule has 0 spiro atoms. The predicted molar refractivity (Wildman–Crippen MR) is 116 cm³/mol. The fraction of sp³-hybridized carbons (Fsp3) is 0.435. The van der Waals surface area contributed by atoms with Crippen LogP contribution in [0.1, 0.15) is 32.4 Å². The minimum atomic E-state index is 0.147. The highest BCUT2D eigenvalue weighted by atomic mass is 32.1. The number of carbonyl (C=O) groups excluding carboxylic acids is 1. The highest BCUT2D eigenvalue weighted by Crippen LogP contribution is 2.27. The topological polar surface area (TPSA) is 46.1 Å². The highest BCUT2D eigenvalue weighted by molar-refractivity contribution is 7.13. The molecule has 5 heteroatoms. The molecule has 3 heterocycles. The standard InChI is InChI=1S/C23H27N3OS/c1-16(2)13-26-7-3-4-19(14-26)22(27)10-21-9-20-8-17(23-12-24-15-28-23)5-6-18(20)11-25-21/h5-6,8-9,11-12,15-16,19H,3-4,7,10,13-14H2,1-2H3/t19-/m1/s1. The van der Waals surface area contributed by atoms with E-state index < -0.39 is 0 Å². The largest absolute Gasteiger partial charge is 0.302 e. The van der Waals surface area contributed by atoms with Crippen molar-refractivity contribution in [1.82, 2.24) is 14.9 Å². The summed E-state index contributed by atoms with van der Waals surface area (Å²) >= 11 is 1.64. The maximum Gasteiger partial charge on any atom is 0.143 e. The molecule has 0 amide bonds. The van der Waals surface area contributed by atoms with E-state index in [0.717, 1.165) is 59.4 Å². The van der Waals surface area contributed by atoms with Gasteiger partial charge in [0.1, 0.15) is 5.78 Å². The molecule has 4 nitrogen and oxygen atoms in total. The summed E-state index contributed by atoms with van der Waals surface area (Å²) in [7, 11) is 0. The first-order chi connectivity index (χ1) is 13.6. The van der Waals surface area contributed by atoms with E-state index in [9.17, 15) is 4.79 Å². The Kier molecular flexibility index (Phi) is 5.83. The Labute approximate surface area is 170 Å². The second-order valence-corrected chi connectivity index (χ2v) is 9.13. The Morgan fingerprint density at radius 1 is 1.25 bits per heavy atom. The Balaban J connectivity index is 1.48. The molecule has 28 heavy (non-hydrogen) atoms. The number of likely N-dealkylation sites (tertiary alicyclic amines) is 1. The SMILES string of the molecule is CC(C)CN1CCC[C@@H](C(=O)Cc2cc3cc(-c4cncs4)ccc3cn2)C1. The van der Waals surface area contributed by atoms with E-state index in [1.807, 2.05) is 17.9 Å². The maximum absolute atomic E-state index is 12.9. The molecular weight excluding hydrogens is 366 g/mol. The highest BCUT2D eigenvalue weighted by Gasteiger charge is 2.26. The van der Waals surface area contributed by atoms with Crippen LogP contribution in [0.25, 0.3) is 21.2 Å². The molecule has 1 fully saturated rings. The summed E-state index contributed by atoms with van der Waals surface area (Å²) in [5.41, 5.74) is 3.89. The Morgan fingerprint density at radius 2 is 2.14 bits per heavy atom. The molecule has 0 unspecified atom stereocenters. The monoisotopic (exact) mass is 393 g/mol. The lowest BCUT2D eigenvalue weighted by atomic mass is 9.90. The van der Waals surface area contributed by atoms with Crippen LogP contribution in [0.15, 0.2) is 42.2 Å². The minimum absolute atomic E-state index is 0.147. The molecule has 0 N–H and O–H groups in total. The van der Waals surface area contributed by atoms with E-state index in [2.05, 4.69) is 53.0 Å². The fourth-order valence-electron chi connectivity index (χ4n) is 4.12. The van der Waals surface area contributed by atoms with Crippen molar-refractivity contribution in [2.24, 2.45) is 11.8 Å². The van der Waals surface area contributed by atoms with E-state index in [1.165, 1.54) is 0 Å². The quantitative estimate of drug-likeness (QED) is 0.601. The van der Waals surface area contributed by atoms with Gasteiger partial charge in [-0.05, 0) is 48.4 Å². The van der Waals surface area contributed by atoms with Crippen LogP contribution in [0.2, 0.25) is 0 Å². The maximum atomic E-state index is 12.9. The van der Waals surface area contributed by atoms with Crippen LogP contribution in [-0.2, 0) is 11.2 Å². The normalized spacial score (nSPS) is 18.0. The van der Waals surface area contributed by atoms with Crippen molar-refractivity contribution >= 4 is 27.9 Å². The van der Waals surface area contributed by atoms with Crippen LogP contribution in [0.4, 0.5) is 0 Å². The Morgan fingerprint density at radius 3 is 2.93 bits per heavy atom. The van der Waals surface area contributed by atoms with Crippen LogP contribution < -0.4 is 0 Å². The van der Waals surface area contributed by atoms with Gasteiger partial charge in [-0.1, -0.05) is 26.0 Å². The van der Waals surface area contributed by atoms with E-state index in [0.29, 0.717) is 18.1 Å². The second-order valence-electron chi connectivity index (χ2n) is 8.24. The lowest BCUT2D eigenvalue weighted by Crippen LogP contribution is -2.40. The fourth-order valence-corrected chi connectivity index (χ4v) is 4.74. The number of rotatable bonds is 6. The summed E-state index contributed by atoms with van der Waals surface area (Å²) in [6.07, 6.45) is 6.34. The first-order valence-corrected chi connectivity index (χ1v) is 11.0. The third kappa shape index (κ3) is 4.47. The van der Waals surface area contributed by atoms with Crippen molar-refractivity contribution in [2.45, 2.75) is 33.1 Å². The van der Waals surface area contributed by atoms with E-state index >= 15 is 0 Å². The van der Waals surface area contributed by atoms with Gasteiger partial charge in [-0.3, -0.25) is 14.8 Å². The number of nitrogens with zero attached hydrogens (tertiary/aromatic N) is 3. The number of Topliss-reactive ketones (excluding diaryl/α,β-unsaturated/α-hetero) is 1. The minimum Gasteiger partial charge on any atom is -0.302 e. The summed E-state index contributed by atoms with van der Waals surface area (Å²) < 4.78 is 0. The van der Waals surface area contributed by atoms with Crippen LogP contribution in [0.5, 0.6) is 0 Å². The molecule has 1 atom stereocenters. The van der Waals surface area contributed by atoms with Gasteiger partial charge in [-0.25, -0.2) is 0 Å². The average Bonchev–Trinajstić information content (AvgIpc) is 3.22. The molecule has 0 saturated carbocycles. The van der Waals surface area contributed by atoms with Crippen LogP contribution in [-0.4, -0.2) is 40.3 Å². The zero-order chi connectivity index (χ0) is 19.5. The Hall–Kier alpha value is -2.11. The molecular formula is C23H27N3OS. The molecule has 146 valence electrons. The number of benzene rings is 1. The van der Waals surface area contributed by atoms with Crippen molar-refractivity contribution < 1.29 is 4.79 Å². The zero-order valence-corrected chi connectivity index (χ0v) is 17.4. The lowest BCUT2D eigenvalue weighted by Gasteiger charge is -2.33. The van der Waals surface area contributed by atoms with E-state index in [-0.39, 0.29) is 5.92 Å². The summed E-state index contributed by atoms with van der Waals surface area (Å²) in [6, 6.07) is 8.44. The van der Waals surface area contributed by atoms with E-state index in [1.54, 1.807) is 11.3 Å². The van der Waals surface area contributed by atoms with Gasteiger partial charge in [0.25, 0.3) is 0 Å². The molecule has 0 aliphatic carbocycles. The molecule has 0 bridgehead atoms. The summed E-state index contributed by atoms with van der Waals surface area (Å²) in [5, 5.41) is 2.24. The number of hydrogen-bond acceptors (Lipinski definition) is 5. The molecule has 1 aliphatic heterocycles. The molecule has 3 aromatic rings. The third-order valence-corrected chi connectivity index (χ3v) is 6.26. The van der Waals surface area contributed by atoms with Gasteiger partial charge in [0.05, 0.1) is 10.4 Å². The van der Waals surface area contributed by atoms with Gasteiger partial charge >= 0.3 is 0 Å². The predicted octanol–water partition coefficient (Wildman–Crippen LogP) is 4.84. The lowest BCUT2D eigenvalue weighted by molar-refractivity contribution is -0.124. The first kappa shape index (κ1) is 19.2. The van der Waals surface area contributed by atoms with Gasteiger partial charge in [-0.2, -0.15) is 0 Å². The molecule has 2 aromatic heterocycles. The number of carbonyl (C=O) groups is 1. The van der Waals surface area contributed by atoms with Crippen molar-refractivity contribution in [2.75, 3.05) is 19.6 Å². The average molecular weight is 394 g/mol. The zero-order valence-electron chi connectivity index (χ0n) is 16.6. The smallest absolute Gasteiger partial charge is 0.143 e. The number of ketones is 1. The summed E-state index contributed by atoms with van der Waals surface area (Å²) in [6.45, 7) is 7.59. The first-order valence-electron chi connectivity index (χ1n) is 10.1. The molecule has 1 aromatic carbocycles. The van der Waals surface area contributed by atoms with Crippen molar-refractivity contribution in [3.8, 4) is 10.4 Å². The third-order valence-electron chi connectivity index (χ3n) is 5.43. The number of fused-ring (bicyclic) bond motifs is 1. The number of thiazole rings is 1. The van der Waals surface area contributed by atoms with E-state index in [4.69, 9.17) is 0 Å². The number of pyridine rings is 1. The summed E-state index contributed by atoms with van der Waals surface area (Å²) in [4.78, 5) is 25.2. The summed E-state index contributed by atoms with van der Waals surface area (Å²) in [5.74, 6) is 1.12. The van der Waals surface area contributed by atoms with Crippen LogP contribution in [0.3, 0.4) is 0 Å². The number of hydrogen-bond donors (Lipinski definition) is 0. The van der Waals surface area contributed by atoms with Gasteiger partial charge in [0, 0.05) is 48.9 Å².